The monoisotopic (exact) mass is 496 g/mol. The number of carbonyl (C=O) groups excluding carboxylic acids is 1. The van der Waals surface area contributed by atoms with E-state index in [-0.39, 0.29) is 5.91 Å². The first-order valence-electron chi connectivity index (χ1n) is 12.3. The van der Waals surface area contributed by atoms with Crippen molar-refractivity contribution < 1.29 is 13.2 Å². The van der Waals surface area contributed by atoms with Crippen LogP contribution in [-0.2, 0) is 16.4 Å². The SMILES string of the molecule is CCCN(CC1CCN(S(C)(=O)=O)CC1)[C@H](C)Cc1cccc(NC(=O)c2ccc(C#N)cc2)c1. The van der Waals surface area contributed by atoms with Crippen LogP contribution in [0.3, 0.4) is 0 Å². The van der Waals surface area contributed by atoms with E-state index in [4.69, 9.17) is 5.26 Å². The number of anilines is 1. The van der Waals surface area contributed by atoms with Crippen LogP contribution in [0.1, 0.15) is 54.6 Å². The molecule has 1 atom stereocenters. The maximum absolute atomic E-state index is 12.6. The van der Waals surface area contributed by atoms with E-state index in [2.05, 4.69) is 36.2 Å². The fraction of sp³-hybridized carbons (Fsp3) is 0.481. The third-order valence-electron chi connectivity index (χ3n) is 6.66. The lowest BCUT2D eigenvalue weighted by atomic mass is 9.96. The molecule has 1 heterocycles. The Hall–Kier alpha value is -2.73. The number of sulfonamides is 1. The summed E-state index contributed by atoms with van der Waals surface area (Å²) < 4.78 is 25.2. The minimum atomic E-state index is -3.10. The molecular weight excluding hydrogens is 460 g/mol. The third-order valence-corrected chi connectivity index (χ3v) is 7.96. The summed E-state index contributed by atoms with van der Waals surface area (Å²) in [7, 11) is -3.10. The molecule has 0 unspecified atom stereocenters. The van der Waals surface area contributed by atoms with Gasteiger partial charge in [0.1, 0.15) is 0 Å². The molecule has 1 saturated heterocycles. The van der Waals surface area contributed by atoms with Crippen LogP contribution in [0.15, 0.2) is 48.5 Å². The number of benzene rings is 2. The van der Waals surface area contributed by atoms with Crippen molar-refractivity contribution in [2.75, 3.05) is 37.8 Å². The second-order valence-corrected chi connectivity index (χ2v) is 11.5. The molecule has 2 aromatic carbocycles. The molecule has 0 aromatic heterocycles. The van der Waals surface area contributed by atoms with E-state index >= 15 is 0 Å². The van der Waals surface area contributed by atoms with Crippen molar-refractivity contribution in [1.82, 2.24) is 9.21 Å². The Morgan fingerprint density at radius 2 is 1.89 bits per heavy atom. The van der Waals surface area contributed by atoms with Gasteiger partial charge in [0, 0.05) is 36.9 Å². The highest BCUT2D eigenvalue weighted by Gasteiger charge is 2.27. The van der Waals surface area contributed by atoms with Crippen molar-refractivity contribution in [3.8, 4) is 6.07 Å². The predicted molar refractivity (Wildman–Crippen MR) is 140 cm³/mol. The summed E-state index contributed by atoms with van der Waals surface area (Å²) in [6.07, 6.45) is 5.02. The van der Waals surface area contributed by atoms with Crippen LogP contribution in [0.25, 0.3) is 0 Å². The highest BCUT2D eigenvalue weighted by molar-refractivity contribution is 7.88. The number of amides is 1. The fourth-order valence-electron chi connectivity index (χ4n) is 4.68. The summed E-state index contributed by atoms with van der Waals surface area (Å²) in [5.41, 5.74) is 2.94. The number of nitriles is 1. The van der Waals surface area contributed by atoms with Crippen molar-refractivity contribution in [3.63, 3.8) is 0 Å². The highest BCUT2D eigenvalue weighted by atomic mass is 32.2. The van der Waals surface area contributed by atoms with E-state index in [0.717, 1.165) is 50.0 Å². The average molecular weight is 497 g/mol. The van der Waals surface area contributed by atoms with E-state index in [0.29, 0.717) is 36.2 Å². The molecule has 0 spiro atoms. The summed E-state index contributed by atoms with van der Waals surface area (Å²) in [5, 5.41) is 11.9. The number of nitrogens with one attached hydrogen (secondary N) is 1. The Labute approximate surface area is 209 Å². The molecule has 3 rings (SSSR count). The maximum atomic E-state index is 12.6. The molecule has 8 heteroatoms. The van der Waals surface area contributed by atoms with Gasteiger partial charge in [0.05, 0.1) is 17.9 Å². The van der Waals surface area contributed by atoms with Gasteiger partial charge in [-0.1, -0.05) is 19.1 Å². The van der Waals surface area contributed by atoms with Gasteiger partial charge in [-0.3, -0.25) is 4.79 Å². The Morgan fingerprint density at radius 3 is 2.49 bits per heavy atom. The smallest absolute Gasteiger partial charge is 0.255 e. The van der Waals surface area contributed by atoms with Crippen LogP contribution in [-0.4, -0.2) is 62.0 Å². The van der Waals surface area contributed by atoms with Crippen molar-refractivity contribution in [2.24, 2.45) is 5.92 Å². The van der Waals surface area contributed by atoms with Gasteiger partial charge in [0.15, 0.2) is 0 Å². The summed E-state index contributed by atoms with van der Waals surface area (Å²) in [6, 6.07) is 16.9. The average Bonchev–Trinajstić information content (AvgIpc) is 2.84. The maximum Gasteiger partial charge on any atom is 0.255 e. The number of piperidine rings is 1. The molecule has 1 fully saturated rings. The Balaban J connectivity index is 1.59. The van der Waals surface area contributed by atoms with E-state index in [1.807, 2.05) is 18.2 Å². The zero-order valence-electron chi connectivity index (χ0n) is 20.9. The zero-order chi connectivity index (χ0) is 25.4. The van der Waals surface area contributed by atoms with E-state index in [9.17, 15) is 13.2 Å². The minimum absolute atomic E-state index is 0.201. The van der Waals surface area contributed by atoms with Gasteiger partial charge in [-0.15, -0.1) is 0 Å². The molecule has 7 nitrogen and oxygen atoms in total. The summed E-state index contributed by atoms with van der Waals surface area (Å²) in [6.45, 7) is 7.62. The molecule has 1 aliphatic heterocycles. The number of rotatable bonds is 10. The molecule has 0 radical (unpaired) electrons. The lowest BCUT2D eigenvalue weighted by Gasteiger charge is -2.36. The number of carbonyl (C=O) groups is 1. The van der Waals surface area contributed by atoms with E-state index in [1.54, 1.807) is 28.6 Å². The van der Waals surface area contributed by atoms with Crippen molar-refractivity contribution in [1.29, 1.82) is 5.26 Å². The standard InChI is InChI=1S/C27H36N4O3S/c1-4-14-30(20-23-12-15-31(16-13-23)35(3,33)34)21(2)17-24-6-5-7-26(18-24)29-27(32)25-10-8-22(19-28)9-11-25/h5-11,18,21,23H,4,12-17,20H2,1-3H3,(H,29,32)/t21-/m1/s1. The van der Waals surface area contributed by atoms with Gasteiger partial charge < -0.3 is 10.2 Å². The molecule has 35 heavy (non-hydrogen) atoms. The van der Waals surface area contributed by atoms with Crippen LogP contribution in [0, 0.1) is 17.2 Å². The van der Waals surface area contributed by atoms with Gasteiger partial charge >= 0.3 is 0 Å². The third kappa shape index (κ3) is 7.89. The van der Waals surface area contributed by atoms with Crippen molar-refractivity contribution >= 4 is 21.6 Å². The van der Waals surface area contributed by atoms with Gasteiger partial charge in [-0.25, -0.2) is 12.7 Å². The highest BCUT2D eigenvalue weighted by Crippen LogP contribution is 2.23. The molecule has 1 amide bonds. The van der Waals surface area contributed by atoms with Gasteiger partial charge in [-0.2, -0.15) is 5.26 Å². The summed E-state index contributed by atoms with van der Waals surface area (Å²) in [4.78, 5) is 15.1. The second kappa shape index (κ2) is 12.3. The van der Waals surface area contributed by atoms with Gasteiger partial charge in [0.2, 0.25) is 10.0 Å². The topological polar surface area (TPSA) is 93.5 Å². The summed E-state index contributed by atoms with van der Waals surface area (Å²) >= 11 is 0. The fourth-order valence-corrected chi connectivity index (χ4v) is 5.55. The largest absolute Gasteiger partial charge is 0.322 e. The van der Waals surface area contributed by atoms with Gasteiger partial charge in [-0.05, 0) is 87.0 Å². The predicted octanol–water partition coefficient (Wildman–Crippen LogP) is 4.13. The van der Waals surface area contributed by atoms with Crippen molar-refractivity contribution in [3.05, 3.63) is 65.2 Å². The van der Waals surface area contributed by atoms with Crippen LogP contribution in [0.5, 0.6) is 0 Å². The number of hydrogen-bond donors (Lipinski definition) is 1. The number of hydrogen-bond acceptors (Lipinski definition) is 5. The molecule has 2 aromatic rings. The Morgan fingerprint density at radius 1 is 1.20 bits per heavy atom. The first-order valence-corrected chi connectivity index (χ1v) is 14.1. The van der Waals surface area contributed by atoms with Crippen LogP contribution >= 0.6 is 0 Å². The molecule has 1 aliphatic rings. The number of nitrogens with zero attached hydrogens (tertiary/aromatic N) is 3. The normalized spacial score (nSPS) is 16.1. The molecule has 1 N–H and O–H groups in total. The van der Waals surface area contributed by atoms with E-state index < -0.39 is 10.0 Å². The Kier molecular flexibility index (Phi) is 9.44. The van der Waals surface area contributed by atoms with Crippen LogP contribution in [0.2, 0.25) is 0 Å². The van der Waals surface area contributed by atoms with E-state index in [1.165, 1.54) is 6.26 Å². The van der Waals surface area contributed by atoms with Crippen molar-refractivity contribution in [2.45, 2.75) is 45.6 Å². The molecule has 0 bridgehead atoms. The first kappa shape index (κ1) is 26.9. The summed E-state index contributed by atoms with van der Waals surface area (Å²) in [5.74, 6) is 0.299. The first-order chi connectivity index (χ1) is 16.7. The second-order valence-electron chi connectivity index (χ2n) is 9.50. The molecule has 188 valence electrons. The van der Waals surface area contributed by atoms with Gasteiger partial charge in [0.25, 0.3) is 5.91 Å². The molecule has 0 aliphatic carbocycles. The molecule has 0 saturated carbocycles. The van der Waals surface area contributed by atoms with Crippen LogP contribution in [0.4, 0.5) is 5.69 Å². The van der Waals surface area contributed by atoms with Crippen LogP contribution < -0.4 is 5.32 Å². The quantitative estimate of drug-likeness (QED) is 0.534. The lowest BCUT2D eigenvalue weighted by Crippen LogP contribution is -2.44. The molecular formula is C27H36N4O3S. The lowest BCUT2D eigenvalue weighted by molar-refractivity contribution is 0.102. The minimum Gasteiger partial charge on any atom is -0.322 e. The Bertz CT molecular complexity index is 1130. The zero-order valence-corrected chi connectivity index (χ0v) is 21.7.